The Labute approximate surface area is 168 Å². The largest absolute Gasteiger partial charge is 0.469 e. The average molecular weight is 394 g/mol. The molecule has 150 valence electrons. The first-order chi connectivity index (χ1) is 14.1. The monoisotopic (exact) mass is 394 g/mol. The van der Waals surface area contributed by atoms with E-state index in [9.17, 15) is 9.18 Å². The normalized spacial score (nSPS) is 16.0. The van der Waals surface area contributed by atoms with E-state index in [0.717, 1.165) is 24.2 Å². The number of hydrogen-bond donors (Lipinski definition) is 1. The third-order valence-corrected chi connectivity index (χ3v) is 5.28. The van der Waals surface area contributed by atoms with Gasteiger partial charge in [-0.15, -0.1) is 0 Å². The number of likely N-dealkylation sites (tertiary alicyclic amines) is 1. The lowest BCUT2D eigenvalue weighted by Crippen LogP contribution is -2.47. The molecule has 0 aliphatic carbocycles. The molecule has 0 spiro atoms. The lowest BCUT2D eigenvalue weighted by molar-refractivity contribution is -0.133. The van der Waals surface area contributed by atoms with Gasteiger partial charge in [-0.1, -0.05) is 12.1 Å². The highest BCUT2D eigenvalue weighted by molar-refractivity contribution is 5.82. The van der Waals surface area contributed by atoms with Crippen LogP contribution in [0.5, 0.6) is 0 Å². The lowest BCUT2D eigenvalue weighted by Gasteiger charge is -2.32. The third-order valence-electron chi connectivity index (χ3n) is 5.28. The molecule has 4 rings (SSSR count). The minimum absolute atomic E-state index is 0.0609. The number of nitrogens with zero attached hydrogens (tertiary/aromatic N) is 3. The van der Waals surface area contributed by atoms with Crippen LogP contribution in [-0.2, 0) is 11.2 Å². The van der Waals surface area contributed by atoms with Gasteiger partial charge in [-0.2, -0.15) is 0 Å². The molecular weight excluding hydrogens is 371 g/mol. The highest BCUT2D eigenvalue weighted by Crippen LogP contribution is 2.27. The van der Waals surface area contributed by atoms with Crippen molar-refractivity contribution in [3.8, 4) is 11.3 Å². The molecular formula is C22H23FN4O2. The number of nitrogens with two attached hydrogens (primary N) is 1. The third kappa shape index (κ3) is 4.51. The van der Waals surface area contributed by atoms with Gasteiger partial charge >= 0.3 is 0 Å². The van der Waals surface area contributed by atoms with Gasteiger partial charge in [0.1, 0.15) is 17.4 Å². The molecule has 1 unspecified atom stereocenters. The van der Waals surface area contributed by atoms with Crippen LogP contribution < -0.4 is 5.73 Å². The number of carbonyl (C=O) groups excluding carboxylic acids is 1. The fourth-order valence-electron chi connectivity index (χ4n) is 3.70. The van der Waals surface area contributed by atoms with Crippen molar-refractivity contribution in [3.05, 3.63) is 72.3 Å². The van der Waals surface area contributed by atoms with E-state index in [1.165, 1.54) is 12.1 Å². The Morgan fingerprint density at radius 3 is 2.79 bits per heavy atom. The van der Waals surface area contributed by atoms with Crippen molar-refractivity contribution in [1.82, 2.24) is 14.9 Å². The Morgan fingerprint density at radius 1 is 1.24 bits per heavy atom. The Kier molecular flexibility index (Phi) is 5.67. The first kappa shape index (κ1) is 19.3. The fourth-order valence-corrected chi connectivity index (χ4v) is 3.70. The summed E-state index contributed by atoms with van der Waals surface area (Å²) in [7, 11) is 0. The highest BCUT2D eigenvalue weighted by atomic mass is 19.1. The molecule has 1 aliphatic heterocycles. The minimum Gasteiger partial charge on any atom is -0.469 e. The molecule has 1 aliphatic rings. The molecule has 0 bridgehead atoms. The van der Waals surface area contributed by atoms with Crippen LogP contribution in [0.3, 0.4) is 0 Å². The molecule has 3 aromatic rings. The maximum atomic E-state index is 13.5. The first-order valence-electron chi connectivity index (χ1n) is 9.76. The summed E-state index contributed by atoms with van der Waals surface area (Å²) in [5, 5.41) is 0. The van der Waals surface area contributed by atoms with Crippen LogP contribution in [0.1, 0.15) is 30.3 Å². The van der Waals surface area contributed by atoms with Crippen molar-refractivity contribution in [2.75, 3.05) is 13.1 Å². The zero-order valence-corrected chi connectivity index (χ0v) is 16.0. The summed E-state index contributed by atoms with van der Waals surface area (Å²) >= 11 is 0. The van der Waals surface area contributed by atoms with E-state index in [1.807, 2.05) is 12.1 Å². The quantitative estimate of drug-likeness (QED) is 0.719. The molecule has 1 amide bonds. The molecule has 1 fully saturated rings. The summed E-state index contributed by atoms with van der Waals surface area (Å²) in [5.74, 6) is 1.26. The number of carbonyl (C=O) groups is 1. The van der Waals surface area contributed by atoms with Crippen LogP contribution in [0, 0.1) is 5.82 Å². The average Bonchev–Trinajstić information content (AvgIpc) is 3.26. The Balaban J connectivity index is 1.38. The first-order valence-corrected chi connectivity index (χ1v) is 9.76. The summed E-state index contributed by atoms with van der Waals surface area (Å²) < 4.78 is 18.8. The number of rotatable bonds is 5. The van der Waals surface area contributed by atoms with E-state index < -0.39 is 6.04 Å². The minimum atomic E-state index is -0.606. The second kappa shape index (κ2) is 8.53. The highest BCUT2D eigenvalue weighted by Gasteiger charge is 2.28. The van der Waals surface area contributed by atoms with Crippen LogP contribution in [-0.4, -0.2) is 39.9 Å². The second-order valence-electron chi connectivity index (χ2n) is 7.30. The Morgan fingerprint density at radius 2 is 2.07 bits per heavy atom. The zero-order chi connectivity index (χ0) is 20.2. The van der Waals surface area contributed by atoms with Gasteiger partial charge in [0.15, 0.2) is 0 Å². The van der Waals surface area contributed by atoms with Gasteiger partial charge in [0, 0.05) is 37.2 Å². The van der Waals surface area contributed by atoms with Crippen LogP contribution in [0.2, 0.25) is 0 Å². The Bertz CT molecular complexity index is 968. The molecule has 29 heavy (non-hydrogen) atoms. The number of furan rings is 1. The van der Waals surface area contributed by atoms with Crippen LogP contribution in [0.4, 0.5) is 4.39 Å². The molecule has 2 aromatic heterocycles. The number of benzene rings is 1. The molecule has 2 N–H and O–H groups in total. The van der Waals surface area contributed by atoms with Crippen molar-refractivity contribution in [2.45, 2.75) is 31.2 Å². The summed E-state index contributed by atoms with van der Waals surface area (Å²) in [4.78, 5) is 23.5. The summed E-state index contributed by atoms with van der Waals surface area (Å²) in [6.07, 6.45) is 5.22. The zero-order valence-electron chi connectivity index (χ0n) is 16.0. The maximum Gasteiger partial charge on any atom is 0.239 e. The molecule has 0 saturated carbocycles. The number of halogens is 1. The topological polar surface area (TPSA) is 85.2 Å². The molecule has 0 radical (unpaired) electrons. The fraction of sp³-hybridized carbons (Fsp3) is 0.318. The predicted octanol–water partition coefficient (Wildman–Crippen LogP) is 3.15. The lowest BCUT2D eigenvalue weighted by atomic mass is 9.95. The van der Waals surface area contributed by atoms with Gasteiger partial charge in [-0.3, -0.25) is 4.79 Å². The number of amides is 1. The SMILES string of the molecule is NC(Cc1ccco1)C(=O)N1CCC(c2nccc(-c3cccc(F)c3)n2)CC1. The number of hydrogen-bond acceptors (Lipinski definition) is 5. The molecule has 1 saturated heterocycles. The maximum absolute atomic E-state index is 13.5. The van der Waals surface area contributed by atoms with Crippen LogP contribution >= 0.6 is 0 Å². The van der Waals surface area contributed by atoms with Crippen molar-refractivity contribution in [3.63, 3.8) is 0 Å². The van der Waals surface area contributed by atoms with Crippen molar-refractivity contribution < 1.29 is 13.6 Å². The van der Waals surface area contributed by atoms with E-state index in [4.69, 9.17) is 10.2 Å². The van der Waals surface area contributed by atoms with E-state index >= 15 is 0 Å². The number of aromatic nitrogens is 2. The van der Waals surface area contributed by atoms with Gasteiger partial charge in [0.05, 0.1) is 18.0 Å². The molecule has 3 heterocycles. The molecule has 7 heteroatoms. The second-order valence-corrected chi connectivity index (χ2v) is 7.30. The molecule has 6 nitrogen and oxygen atoms in total. The summed E-state index contributed by atoms with van der Waals surface area (Å²) in [5.41, 5.74) is 7.50. The predicted molar refractivity (Wildman–Crippen MR) is 106 cm³/mol. The smallest absolute Gasteiger partial charge is 0.239 e. The number of piperidine rings is 1. The van der Waals surface area contributed by atoms with Gasteiger partial charge in [-0.25, -0.2) is 14.4 Å². The van der Waals surface area contributed by atoms with Crippen molar-refractivity contribution >= 4 is 5.91 Å². The van der Waals surface area contributed by atoms with Gasteiger partial charge < -0.3 is 15.1 Å². The summed E-state index contributed by atoms with van der Waals surface area (Å²) in [6.45, 7) is 1.23. The molecule has 1 atom stereocenters. The van der Waals surface area contributed by atoms with E-state index in [-0.39, 0.29) is 17.6 Å². The van der Waals surface area contributed by atoms with Gasteiger partial charge in [0.2, 0.25) is 5.91 Å². The van der Waals surface area contributed by atoms with Crippen LogP contribution in [0.25, 0.3) is 11.3 Å². The van der Waals surface area contributed by atoms with E-state index in [1.54, 1.807) is 35.6 Å². The summed E-state index contributed by atoms with van der Waals surface area (Å²) in [6, 6.07) is 11.2. The molecule has 1 aromatic carbocycles. The van der Waals surface area contributed by atoms with E-state index in [2.05, 4.69) is 9.97 Å². The Hall–Kier alpha value is -3.06. The van der Waals surface area contributed by atoms with Crippen molar-refractivity contribution in [1.29, 1.82) is 0 Å². The van der Waals surface area contributed by atoms with Crippen LogP contribution in [0.15, 0.2) is 59.3 Å². The van der Waals surface area contributed by atoms with Crippen molar-refractivity contribution in [2.24, 2.45) is 5.73 Å². The standard InChI is InChI=1S/C22H23FN4O2/c23-17-4-1-3-16(13-17)20-6-9-25-21(26-20)15-7-10-27(11-8-15)22(28)19(24)14-18-5-2-12-29-18/h1-6,9,12-13,15,19H,7-8,10-11,14,24H2. The van der Waals surface area contributed by atoms with Gasteiger partial charge in [0.25, 0.3) is 0 Å². The van der Waals surface area contributed by atoms with Gasteiger partial charge in [-0.05, 0) is 43.2 Å². The van der Waals surface area contributed by atoms with E-state index in [0.29, 0.717) is 31.0 Å².